The van der Waals surface area contributed by atoms with Gasteiger partial charge in [0.1, 0.15) is 11.2 Å². The Bertz CT molecular complexity index is 3400. The second kappa shape index (κ2) is 13.4. The molecule has 0 saturated carbocycles. The summed E-state index contributed by atoms with van der Waals surface area (Å²) in [7, 11) is 0. The van der Waals surface area contributed by atoms with Crippen LogP contribution >= 0.6 is 0 Å². The van der Waals surface area contributed by atoms with Gasteiger partial charge in [-0.25, -0.2) is 0 Å². The Morgan fingerprint density at radius 3 is 1.32 bits per heavy atom. The fourth-order valence-electron chi connectivity index (χ4n) is 9.45. The summed E-state index contributed by atoms with van der Waals surface area (Å²) < 4.78 is 6.34. The maximum atomic E-state index is 6.34. The molecule has 1 N–H and O–H groups in total. The molecule has 10 aromatic carbocycles. The number of benzene rings is 10. The van der Waals surface area contributed by atoms with Gasteiger partial charge in [-0.1, -0.05) is 108 Å². The summed E-state index contributed by atoms with van der Waals surface area (Å²) in [5.41, 5.74) is 13.1. The number of H-pyrrole nitrogens is 1. The van der Waals surface area contributed by atoms with Gasteiger partial charge in [0, 0.05) is 66.1 Å². The molecular weight excluding hydrogens is 731 g/mol. The number of aromatic amines is 1. The van der Waals surface area contributed by atoms with Crippen LogP contribution in [0.5, 0.6) is 0 Å². The molecule has 12 rings (SSSR count). The summed E-state index contributed by atoms with van der Waals surface area (Å²) in [6.45, 7) is 4.30. The van der Waals surface area contributed by atoms with E-state index in [2.05, 4.69) is 223 Å². The quantitative estimate of drug-likeness (QED) is 0.171. The smallest absolute Gasteiger partial charge is 0.135 e. The van der Waals surface area contributed by atoms with E-state index in [1.807, 2.05) is 0 Å². The minimum Gasteiger partial charge on any atom is -0.456 e. The largest absolute Gasteiger partial charge is 0.456 e. The van der Waals surface area contributed by atoms with Crippen LogP contribution in [0, 0.1) is 13.8 Å². The van der Waals surface area contributed by atoms with Crippen molar-refractivity contribution in [3.63, 3.8) is 0 Å². The van der Waals surface area contributed by atoms with Gasteiger partial charge in [-0.3, -0.25) is 0 Å². The topological polar surface area (TPSA) is 35.4 Å². The predicted octanol–water partition coefficient (Wildman–Crippen LogP) is 16.2. The molecule has 2 heterocycles. The fourth-order valence-corrected chi connectivity index (χ4v) is 9.45. The number of hydrogen-bond acceptors (Lipinski definition) is 3. The van der Waals surface area contributed by atoms with Crippen LogP contribution in [0.1, 0.15) is 11.1 Å². The Balaban J connectivity index is 1.13. The van der Waals surface area contributed by atoms with Gasteiger partial charge in [0.2, 0.25) is 0 Å². The number of fused-ring (bicyclic) bond motifs is 11. The predicted molar refractivity (Wildman–Crippen MR) is 254 cm³/mol. The van der Waals surface area contributed by atoms with Crippen molar-refractivity contribution in [2.45, 2.75) is 13.8 Å². The number of hydrogen-bond donors (Lipinski definition) is 1. The molecule has 0 amide bonds. The molecule has 0 aliphatic heterocycles. The zero-order valence-electron chi connectivity index (χ0n) is 33.3. The van der Waals surface area contributed by atoms with E-state index in [4.69, 9.17) is 4.42 Å². The van der Waals surface area contributed by atoms with Crippen LogP contribution in [0.25, 0.3) is 76.1 Å². The van der Waals surface area contributed by atoms with E-state index in [0.29, 0.717) is 0 Å². The Kier molecular flexibility index (Phi) is 7.63. The lowest BCUT2D eigenvalue weighted by Gasteiger charge is -2.30. The summed E-state index contributed by atoms with van der Waals surface area (Å²) in [6.07, 6.45) is 0. The monoisotopic (exact) mass is 769 g/mol. The molecule has 60 heavy (non-hydrogen) atoms. The minimum atomic E-state index is 0.885. The summed E-state index contributed by atoms with van der Waals surface area (Å²) in [5, 5.41) is 11.8. The van der Waals surface area contributed by atoms with E-state index in [0.717, 1.165) is 67.1 Å². The van der Waals surface area contributed by atoms with E-state index in [1.54, 1.807) is 0 Å². The van der Waals surface area contributed by atoms with Crippen molar-refractivity contribution in [1.82, 2.24) is 4.98 Å². The number of anilines is 6. The van der Waals surface area contributed by atoms with Crippen molar-refractivity contribution in [2.75, 3.05) is 9.80 Å². The van der Waals surface area contributed by atoms with Gasteiger partial charge in [0.25, 0.3) is 0 Å². The fraction of sp³-hybridized carbons (Fsp3) is 0.0357. The van der Waals surface area contributed by atoms with Crippen LogP contribution in [-0.2, 0) is 0 Å². The highest BCUT2D eigenvalue weighted by atomic mass is 16.3. The number of aryl methyl sites for hydroxylation is 2. The van der Waals surface area contributed by atoms with Gasteiger partial charge in [0.15, 0.2) is 0 Å². The molecule has 0 bridgehead atoms. The summed E-state index contributed by atoms with van der Waals surface area (Å²) in [6, 6.07) is 70.6. The van der Waals surface area contributed by atoms with Crippen LogP contribution in [0.15, 0.2) is 199 Å². The van der Waals surface area contributed by atoms with Gasteiger partial charge in [0.05, 0.1) is 11.4 Å². The third-order valence-electron chi connectivity index (χ3n) is 12.2. The Morgan fingerprint density at radius 2 is 0.733 bits per heavy atom. The lowest BCUT2D eigenvalue weighted by Crippen LogP contribution is -2.11. The van der Waals surface area contributed by atoms with Crippen molar-refractivity contribution < 1.29 is 4.42 Å². The highest BCUT2D eigenvalue weighted by molar-refractivity contribution is 6.25. The van der Waals surface area contributed by atoms with Crippen LogP contribution < -0.4 is 9.80 Å². The Labute approximate surface area is 347 Å². The first-order valence-electron chi connectivity index (χ1n) is 20.6. The normalized spacial score (nSPS) is 11.8. The highest BCUT2D eigenvalue weighted by Crippen LogP contribution is 2.48. The molecule has 0 unspecified atom stereocenters. The third kappa shape index (κ3) is 5.38. The molecule has 0 fully saturated rings. The van der Waals surface area contributed by atoms with Gasteiger partial charge in [-0.15, -0.1) is 0 Å². The van der Waals surface area contributed by atoms with Crippen LogP contribution in [0.4, 0.5) is 34.1 Å². The van der Waals surface area contributed by atoms with Crippen molar-refractivity contribution in [2.24, 2.45) is 0 Å². The van der Waals surface area contributed by atoms with Gasteiger partial charge in [-0.05, 0) is 132 Å². The zero-order chi connectivity index (χ0) is 39.9. The number of para-hydroxylation sites is 2. The van der Waals surface area contributed by atoms with E-state index in [9.17, 15) is 0 Å². The van der Waals surface area contributed by atoms with Crippen molar-refractivity contribution in [1.29, 1.82) is 0 Å². The van der Waals surface area contributed by atoms with Gasteiger partial charge < -0.3 is 19.2 Å². The average molecular weight is 770 g/mol. The highest BCUT2D eigenvalue weighted by Gasteiger charge is 2.23. The lowest BCUT2D eigenvalue weighted by molar-refractivity contribution is 0.669. The molecule has 4 nitrogen and oxygen atoms in total. The lowest BCUT2D eigenvalue weighted by atomic mass is 9.93. The van der Waals surface area contributed by atoms with Crippen molar-refractivity contribution >= 4 is 110 Å². The SMILES string of the molecule is Cc1ccc2[nH]c3ccc(N(c4ccccc4)c4cc5c6ccccc6c(N(c6ccccc6)c6ccc7oc8ccc(C)cc8c7c6)cc5c5ccccc45)cc3c2c1. The van der Waals surface area contributed by atoms with Crippen molar-refractivity contribution in [3.05, 3.63) is 205 Å². The molecule has 0 atom stereocenters. The van der Waals surface area contributed by atoms with Crippen LogP contribution in [-0.4, -0.2) is 4.98 Å². The maximum absolute atomic E-state index is 6.34. The standard InChI is InChI=1S/C56H39N3O/c1-35-21-25-51-47(29-35)48-31-39(23-26-52(48)57-51)58(37-13-5-3-6-14-37)53-33-45-42-18-10-12-20-44(42)54(34-46(45)41-17-9-11-19-43(41)53)59(38-15-7-4-8-16-38)40-24-28-56-50(32-40)49-30-36(2)22-27-55(49)60-56/h3-34,57H,1-2H3. The summed E-state index contributed by atoms with van der Waals surface area (Å²) in [4.78, 5) is 8.49. The van der Waals surface area contributed by atoms with Crippen LogP contribution in [0.2, 0.25) is 0 Å². The second-order valence-corrected chi connectivity index (χ2v) is 16.0. The number of aromatic nitrogens is 1. The first-order valence-corrected chi connectivity index (χ1v) is 20.6. The third-order valence-corrected chi connectivity index (χ3v) is 12.2. The van der Waals surface area contributed by atoms with Crippen molar-refractivity contribution in [3.8, 4) is 0 Å². The first kappa shape index (κ1) is 34.2. The van der Waals surface area contributed by atoms with E-state index in [1.165, 1.54) is 54.2 Å². The van der Waals surface area contributed by atoms with Gasteiger partial charge in [-0.2, -0.15) is 0 Å². The summed E-state index contributed by atoms with van der Waals surface area (Å²) >= 11 is 0. The zero-order valence-corrected chi connectivity index (χ0v) is 33.3. The molecule has 0 radical (unpaired) electrons. The number of rotatable bonds is 6. The number of nitrogens with zero attached hydrogens (tertiary/aromatic N) is 2. The first-order chi connectivity index (χ1) is 29.6. The molecule has 284 valence electrons. The molecule has 12 aromatic rings. The van der Waals surface area contributed by atoms with Crippen LogP contribution in [0.3, 0.4) is 0 Å². The number of furan rings is 1. The Morgan fingerprint density at radius 1 is 0.317 bits per heavy atom. The molecule has 0 spiro atoms. The minimum absolute atomic E-state index is 0.885. The Hall–Kier alpha value is -7.82. The summed E-state index contributed by atoms with van der Waals surface area (Å²) in [5.74, 6) is 0. The molecule has 4 heteroatoms. The number of nitrogens with one attached hydrogen (secondary N) is 1. The molecule has 0 aliphatic rings. The van der Waals surface area contributed by atoms with E-state index in [-0.39, 0.29) is 0 Å². The average Bonchev–Trinajstić information content (AvgIpc) is 3.84. The molecular formula is C56H39N3O. The van der Waals surface area contributed by atoms with Gasteiger partial charge >= 0.3 is 0 Å². The maximum Gasteiger partial charge on any atom is 0.135 e. The molecule has 0 saturated heterocycles. The molecule has 0 aliphatic carbocycles. The van der Waals surface area contributed by atoms with E-state index >= 15 is 0 Å². The molecule has 2 aromatic heterocycles. The second-order valence-electron chi connectivity index (χ2n) is 16.0. The van der Waals surface area contributed by atoms with E-state index < -0.39 is 0 Å².